The molecule has 1 nitrogen and oxygen atoms in total. The molecule has 0 saturated carbocycles. The Labute approximate surface area is 95.7 Å². The molecule has 0 aliphatic carbocycles. The van der Waals surface area contributed by atoms with Gasteiger partial charge >= 0.3 is 0 Å². The molecule has 1 aliphatic rings. The third-order valence-electron chi connectivity index (χ3n) is 2.62. The quantitative estimate of drug-likeness (QED) is 0.764. The van der Waals surface area contributed by atoms with Crippen LogP contribution >= 0.6 is 11.8 Å². The van der Waals surface area contributed by atoms with E-state index < -0.39 is 0 Å². The van der Waals surface area contributed by atoms with Crippen LogP contribution in [-0.4, -0.2) is 17.5 Å². The van der Waals surface area contributed by atoms with Gasteiger partial charge in [-0.1, -0.05) is 12.0 Å². The first-order chi connectivity index (χ1) is 7.38. The molecule has 0 bridgehead atoms. The molecular formula is C13H15NS. The van der Waals surface area contributed by atoms with Gasteiger partial charge in [0.1, 0.15) is 0 Å². The van der Waals surface area contributed by atoms with Gasteiger partial charge in [0, 0.05) is 17.3 Å². The van der Waals surface area contributed by atoms with Crippen molar-refractivity contribution in [3.05, 3.63) is 29.8 Å². The Morgan fingerprint density at radius 3 is 2.87 bits per heavy atom. The number of anilines is 1. The summed E-state index contributed by atoms with van der Waals surface area (Å²) in [7, 11) is 0. The van der Waals surface area contributed by atoms with E-state index in [1.165, 1.54) is 24.3 Å². The van der Waals surface area contributed by atoms with Crippen LogP contribution in [0.25, 0.3) is 0 Å². The van der Waals surface area contributed by atoms with E-state index in [2.05, 4.69) is 17.3 Å². The molecule has 2 heteroatoms. The van der Waals surface area contributed by atoms with Gasteiger partial charge in [-0.05, 0) is 42.5 Å². The molecule has 15 heavy (non-hydrogen) atoms. The average Bonchev–Trinajstić information content (AvgIpc) is 2.31. The lowest BCUT2D eigenvalue weighted by molar-refractivity contribution is 0.667. The SMILES string of the molecule is C#Cc1cccc(NC2CCSCC2)c1. The second kappa shape index (κ2) is 5.14. The Hall–Kier alpha value is -1.07. The van der Waals surface area contributed by atoms with Crippen molar-refractivity contribution >= 4 is 17.4 Å². The van der Waals surface area contributed by atoms with Crippen molar-refractivity contribution in [3.63, 3.8) is 0 Å². The molecule has 0 spiro atoms. The maximum atomic E-state index is 5.37. The first-order valence-corrected chi connectivity index (χ1v) is 6.45. The van der Waals surface area contributed by atoms with Gasteiger partial charge in [-0.2, -0.15) is 11.8 Å². The van der Waals surface area contributed by atoms with Crippen LogP contribution in [0.5, 0.6) is 0 Å². The lowest BCUT2D eigenvalue weighted by Gasteiger charge is -2.23. The Bertz CT molecular complexity index is 361. The smallest absolute Gasteiger partial charge is 0.0354 e. The van der Waals surface area contributed by atoms with E-state index in [1.807, 2.05) is 30.0 Å². The van der Waals surface area contributed by atoms with Gasteiger partial charge in [-0.25, -0.2) is 0 Å². The molecule has 0 unspecified atom stereocenters. The van der Waals surface area contributed by atoms with Crippen LogP contribution in [0.15, 0.2) is 24.3 Å². The lowest BCUT2D eigenvalue weighted by atomic mass is 10.1. The molecule has 1 aliphatic heterocycles. The minimum atomic E-state index is 0.624. The summed E-state index contributed by atoms with van der Waals surface area (Å²) >= 11 is 2.04. The molecule has 1 aromatic carbocycles. The fourth-order valence-corrected chi connectivity index (χ4v) is 2.88. The number of nitrogens with one attached hydrogen (secondary N) is 1. The predicted octanol–water partition coefficient (Wildman–Crippen LogP) is 2.98. The van der Waals surface area contributed by atoms with Crippen LogP contribution in [0.1, 0.15) is 18.4 Å². The Morgan fingerprint density at radius 2 is 2.13 bits per heavy atom. The minimum absolute atomic E-state index is 0.624. The lowest BCUT2D eigenvalue weighted by Crippen LogP contribution is -2.24. The highest BCUT2D eigenvalue weighted by molar-refractivity contribution is 7.99. The van der Waals surface area contributed by atoms with E-state index in [9.17, 15) is 0 Å². The third kappa shape index (κ3) is 2.94. The van der Waals surface area contributed by atoms with Crippen LogP contribution in [0.3, 0.4) is 0 Å². The maximum absolute atomic E-state index is 5.37. The van der Waals surface area contributed by atoms with Gasteiger partial charge in [0.25, 0.3) is 0 Å². The maximum Gasteiger partial charge on any atom is 0.0354 e. The minimum Gasteiger partial charge on any atom is -0.382 e. The molecule has 1 aromatic rings. The highest BCUT2D eigenvalue weighted by Gasteiger charge is 2.12. The highest BCUT2D eigenvalue weighted by atomic mass is 32.2. The summed E-state index contributed by atoms with van der Waals surface area (Å²) < 4.78 is 0. The summed E-state index contributed by atoms with van der Waals surface area (Å²) in [5.74, 6) is 5.20. The van der Waals surface area contributed by atoms with E-state index >= 15 is 0 Å². The van der Waals surface area contributed by atoms with Gasteiger partial charge in [-0.3, -0.25) is 0 Å². The number of hydrogen-bond acceptors (Lipinski definition) is 2. The molecule has 0 radical (unpaired) electrons. The molecular weight excluding hydrogens is 202 g/mol. The van der Waals surface area contributed by atoms with E-state index in [4.69, 9.17) is 6.42 Å². The molecule has 1 N–H and O–H groups in total. The summed E-state index contributed by atoms with van der Waals surface area (Å²) in [5, 5.41) is 3.55. The van der Waals surface area contributed by atoms with Gasteiger partial charge in [0.2, 0.25) is 0 Å². The zero-order valence-corrected chi connectivity index (χ0v) is 9.52. The van der Waals surface area contributed by atoms with E-state index in [0.29, 0.717) is 6.04 Å². The summed E-state index contributed by atoms with van der Waals surface area (Å²) in [6.07, 6.45) is 7.88. The first-order valence-electron chi connectivity index (χ1n) is 5.29. The molecule has 1 heterocycles. The van der Waals surface area contributed by atoms with Crippen molar-refractivity contribution in [2.45, 2.75) is 18.9 Å². The van der Waals surface area contributed by atoms with Gasteiger partial charge < -0.3 is 5.32 Å². The molecule has 78 valence electrons. The second-order valence-corrected chi connectivity index (χ2v) is 4.98. The van der Waals surface area contributed by atoms with E-state index in [0.717, 1.165) is 11.3 Å². The third-order valence-corrected chi connectivity index (χ3v) is 3.67. The number of rotatable bonds is 2. The predicted molar refractivity (Wildman–Crippen MR) is 68.3 cm³/mol. The van der Waals surface area contributed by atoms with Gasteiger partial charge in [-0.15, -0.1) is 6.42 Å². The molecule has 0 atom stereocenters. The van der Waals surface area contributed by atoms with Crippen LogP contribution in [-0.2, 0) is 0 Å². The zero-order valence-electron chi connectivity index (χ0n) is 8.70. The monoisotopic (exact) mass is 217 g/mol. The number of terminal acetylenes is 1. The summed E-state index contributed by atoms with van der Waals surface area (Å²) in [6, 6.07) is 8.72. The van der Waals surface area contributed by atoms with Crippen LogP contribution < -0.4 is 5.32 Å². The highest BCUT2D eigenvalue weighted by Crippen LogP contribution is 2.21. The number of hydrogen-bond donors (Lipinski definition) is 1. The first kappa shape index (κ1) is 10.4. The fourth-order valence-electron chi connectivity index (χ4n) is 1.78. The number of benzene rings is 1. The van der Waals surface area contributed by atoms with Crippen molar-refractivity contribution in [2.75, 3.05) is 16.8 Å². The molecule has 1 saturated heterocycles. The molecule has 0 aromatic heterocycles. The van der Waals surface area contributed by atoms with Crippen molar-refractivity contribution in [3.8, 4) is 12.3 Å². The van der Waals surface area contributed by atoms with Crippen molar-refractivity contribution in [1.29, 1.82) is 0 Å². The summed E-state index contributed by atoms with van der Waals surface area (Å²) in [4.78, 5) is 0. The zero-order chi connectivity index (χ0) is 10.5. The normalized spacial score (nSPS) is 17.0. The molecule has 0 amide bonds. The van der Waals surface area contributed by atoms with E-state index in [1.54, 1.807) is 0 Å². The van der Waals surface area contributed by atoms with Crippen LogP contribution in [0.2, 0.25) is 0 Å². The van der Waals surface area contributed by atoms with Crippen molar-refractivity contribution in [1.82, 2.24) is 0 Å². The number of thioether (sulfide) groups is 1. The molecule has 2 rings (SSSR count). The largest absolute Gasteiger partial charge is 0.382 e. The topological polar surface area (TPSA) is 12.0 Å². The molecule has 1 fully saturated rings. The van der Waals surface area contributed by atoms with E-state index in [-0.39, 0.29) is 0 Å². The Kier molecular flexibility index (Phi) is 3.58. The second-order valence-electron chi connectivity index (χ2n) is 3.76. The van der Waals surface area contributed by atoms with Crippen LogP contribution in [0.4, 0.5) is 5.69 Å². The van der Waals surface area contributed by atoms with Gasteiger partial charge in [0.05, 0.1) is 0 Å². The average molecular weight is 217 g/mol. The Balaban J connectivity index is 2.00. The summed E-state index contributed by atoms with van der Waals surface area (Å²) in [6.45, 7) is 0. The van der Waals surface area contributed by atoms with Crippen molar-refractivity contribution < 1.29 is 0 Å². The van der Waals surface area contributed by atoms with Gasteiger partial charge in [0.15, 0.2) is 0 Å². The summed E-state index contributed by atoms with van der Waals surface area (Å²) in [5.41, 5.74) is 2.10. The standard InChI is InChI=1S/C13H15NS/c1-2-11-4-3-5-13(10-11)14-12-6-8-15-9-7-12/h1,3-5,10,12,14H,6-9H2. The van der Waals surface area contributed by atoms with Crippen molar-refractivity contribution in [2.24, 2.45) is 0 Å². The Morgan fingerprint density at radius 1 is 1.33 bits per heavy atom. The fraction of sp³-hybridized carbons (Fsp3) is 0.385. The van der Waals surface area contributed by atoms with Crippen LogP contribution in [0, 0.1) is 12.3 Å².